The van der Waals surface area contributed by atoms with E-state index in [1.807, 2.05) is 46.7 Å². The van der Waals surface area contributed by atoms with Gasteiger partial charge in [-0.3, -0.25) is 9.56 Å². The molecule has 0 radical (unpaired) electrons. The highest BCUT2D eigenvalue weighted by atomic mass is 35.5. The lowest BCUT2D eigenvalue weighted by atomic mass is 10.2. The molecule has 7 heteroatoms. The second kappa shape index (κ2) is 6.29. The summed E-state index contributed by atoms with van der Waals surface area (Å²) in [6.45, 7) is 2.38. The van der Waals surface area contributed by atoms with E-state index in [2.05, 4.69) is 9.98 Å². The van der Waals surface area contributed by atoms with Gasteiger partial charge in [0.05, 0.1) is 17.1 Å². The van der Waals surface area contributed by atoms with Crippen LogP contribution in [0.25, 0.3) is 16.7 Å². The number of rotatable bonds is 3. The van der Waals surface area contributed by atoms with E-state index in [0.717, 1.165) is 17.0 Å². The van der Waals surface area contributed by atoms with Gasteiger partial charge in [0.1, 0.15) is 24.6 Å². The molecular weight excluding hydrogens is 341 g/mol. The van der Waals surface area contributed by atoms with Crippen LogP contribution in [0.3, 0.4) is 0 Å². The van der Waals surface area contributed by atoms with Crippen molar-refractivity contribution in [1.29, 1.82) is 0 Å². The van der Waals surface area contributed by atoms with E-state index in [1.54, 1.807) is 6.07 Å². The van der Waals surface area contributed by atoms with Crippen LogP contribution in [0.15, 0.2) is 58.5 Å². The Labute approximate surface area is 149 Å². The molecule has 1 atom stereocenters. The van der Waals surface area contributed by atoms with Crippen molar-refractivity contribution < 1.29 is 4.39 Å². The summed E-state index contributed by atoms with van der Waals surface area (Å²) in [5, 5.41) is 0.361. The van der Waals surface area contributed by atoms with Gasteiger partial charge in [-0.15, -0.1) is 0 Å². The average Bonchev–Trinajstić information content (AvgIpc) is 3.01. The minimum Gasteiger partial charge on any atom is -0.317 e. The van der Waals surface area contributed by atoms with Gasteiger partial charge in [-0.2, -0.15) is 0 Å². The van der Waals surface area contributed by atoms with Crippen LogP contribution in [0.2, 0.25) is 0 Å². The Bertz CT molecular complexity index is 980. The molecule has 0 amide bonds. The number of fused-ring (bicyclic) bond motifs is 1. The zero-order valence-corrected chi connectivity index (χ0v) is 14.2. The molecule has 2 aromatic carbocycles. The molecule has 0 fully saturated rings. The van der Waals surface area contributed by atoms with Gasteiger partial charge >= 0.3 is 0 Å². The van der Waals surface area contributed by atoms with Gasteiger partial charge in [0, 0.05) is 11.8 Å². The summed E-state index contributed by atoms with van der Waals surface area (Å²) in [5.74, 6) is 0.447. The Balaban J connectivity index is 1.91. The summed E-state index contributed by atoms with van der Waals surface area (Å²) in [6, 6.07) is 14.2. The zero-order chi connectivity index (χ0) is 17.4. The van der Waals surface area contributed by atoms with Crippen LogP contribution >= 0.6 is 11.6 Å². The van der Waals surface area contributed by atoms with Crippen LogP contribution in [0.5, 0.6) is 0 Å². The first kappa shape index (κ1) is 15.8. The van der Waals surface area contributed by atoms with Crippen molar-refractivity contribution in [1.82, 2.24) is 14.5 Å². The Kier molecular flexibility index (Phi) is 3.97. The Morgan fingerprint density at radius 2 is 1.96 bits per heavy atom. The predicted octanol–water partition coefficient (Wildman–Crippen LogP) is 4.12. The molecule has 0 aliphatic carbocycles. The Hall–Kier alpha value is -2.73. The lowest BCUT2D eigenvalue weighted by Gasteiger charge is -2.29. The summed E-state index contributed by atoms with van der Waals surface area (Å²) < 4.78 is 15.8. The maximum Gasteiger partial charge on any atom is 0.202 e. The Morgan fingerprint density at radius 3 is 2.72 bits per heavy atom. The molecule has 4 rings (SSSR count). The second-order valence-electron chi connectivity index (χ2n) is 5.76. The van der Waals surface area contributed by atoms with Crippen molar-refractivity contribution in [2.75, 3.05) is 6.67 Å². The van der Waals surface area contributed by atoms with Crippen molar-refractivity contribution in [2.24, 2.45) is 9.98 Å². The zero-order valence-electron chi connectivity index (χ0n) is 13.5. The van der Waals surface area contributed by atoms with Crippen LogP contribution in [0, 0.1) is 5.82 Å². The minimum absolute atomic E-state index is 0.190. The molecule has 0 N–H and O–H groups in total. The average molecular weight is 356 g/mol. The van der Waals surface area contributed by atoms with E-state index in [1.165, 1.54) is 18.5 Å². The molecule has 0 bridgehead atoms. The smallest absolute Gasteiger partial charge is 0.202 e. The molecule has 1 aliphatic rings. The number of para-hydroxylation sites is 1. The van der Waals surface area contributed by atoms with Crippen LogP contribution < -0.4 is 0 Å². The van der Waals surface area contributed by atoms with Gasteiger partial charge in [-0.05, 0) is 42.8 Å². The molecule has 0 unspecified atom stereocenters. The molecule has 0 spiro atoms. The number of nitrogens with zero attached hydrogens (tertiary/aromatic N) is 5. The van der Waals surface area contributed by atoms with E-state index in [4.69, 9.17) is 16.6 Å². The van der Waals surface area contributed by atoms with E-state index in [0.29, 0.717) is 17.5 Å². The fraction of sp³-hybridized carbons (Fsp3) is 0.167. The SMILES string of the molecule is C[C@@H](c1nc2ccc(F)cc2n1-c1ccccc1)N1CN=CN=C1Cl. The molecule has 1 aromatic heterocycles. The lowest BCUT2D eigenvalue weighted by Crippen LogP contribution is -2.34. The first-order valence-electron chi connectivity index (χ1n) is 7.87. The van der Waals surface area contributed by atoms with E-state index < -0.39 is 0 Å². The van der Waals surface area contributed by atoms with Gasteiger partial charge in [0.2, 0.25) is 5.29 Å². The second-order valence-corrected chi connectivity index (χ2v) is 6.10. The molecule has 25 heavy (non-hydrogen) atoms. The van der Waals surface area contributed by atoms with Crippen LogP contribution in [0.1, 0.15) is 18.8 Å². The fourth-order valence-electron chi connectivity index (χ4n) is 2.96. The standard InChI is InChI=1S/C18H15ClFN5/c1-12(24-11-21-10-22-18(24)19)17-23-15-8-7-13(20)9-16(15)25(17)14-5-3-2-4-6-14/h2-10,12H,11H2,1H3/t12-/m0/s1. The molecule has 3 aromatic rings. The number of hydrogen-bond donors (Lipinski definition) is 0. The summed E-state index contributed by atoms with van der Waals surface area (Å²) in [4.78, 5) is 14.8. The third kappa shape index (κ3) is 2.78. The van der Waals surface area contributed by atoms with E-state index in [-0.39, 0.29) is 11.9 Å². The number of benzene rings is 2. The molecular formula is C18H15ClFN5. The van der Waals surface area contributed by atoms with Gasteiger partial charge in [0.15, 0.2) is 0 Å². The van der Waals surface area contributed by atoms with Gasteiger partial charge in [-0.1, -0.05) is 18.2 Å². The van der Waals surface area contributed by atoms with Gasteiger partial charge in [0.25, 0.3) is 0 Å². The first-order chi connectivity index (χ1) is 12.1. The van der Waals surface area contributed by atoms with Crippen molar-refractivity contribution in [3.63, 3.8) is 0 Å². The molecule has 126 valence electrons. The Morgan fingerprint density at radius 1 is 1.16 bits per heavy atom. The third-order valence-corrected chi connectivity index (χ3v) is 4.53. The fourth-order valence-corrected chi connectivity index (χ4v) is 3.21. The topological polar surface area (TPSA) is 45.8 Å². The molecule has 1 aliphatic heterocycles. The van der Waals surface area contributed by atoms with Crippen LogP contribution in [-0.2, 0) is 0 Å². The molecule has 2 heterocycles. The summed E-state index contributed by atoms with van der Waals surface area (Å²) in [5.41, 5.74) is 2.34. The number of halogens is 2. The molecule has 0 saturated carbocycles. The van der Waals surface area contributed by atoms with Crippen LogP contribution in [-0.4, -0.2) is 32.8 Å². The number of aromatic nitrogens is 2. The van der Waals surface area contributed by atoms with Crippen LogP contribution in [0.4, 0.5) is 4.39 Å². The van der Waals surface area contributed by atoms with Crippen molar-refractivity contribution >= 4 is 34.3 Å². The summed E-state index contributed by atoms with van der Waals surface area (Å²) in [6.07, 6.45) is 1.45. The normalized spacial score (nSPS) is 15.5. The maximum absolute atomic E-state index is 13.8. The lowest BCUT2D eigenvalue weighted by molar-refractivity contribution is 0.335. The largest absolute Gasteiger partial charge is 0.317 e. The molecule has 0 saturated heterocycles. The third-order valence-electron chi connectivity index (χ3n) is 4.21. The highest BCUT2D eigenvalue weighted by Gasteiger charge is 2.26. The number of imidazole rings is 1. The number of aliphatic imine (C=N–C) groups is 2. The number of hydrogen-bond acceptors (Lipinski definition) is 4. The van der Waals surface area contributed by atoms with Crippen molar-refractivity contribution in [3.8, 4) is 5.69 Å². The minimum atomic E-state index is -0.300. The first-order valence-corrected chi connectivity index (χ1v) is 8.24. The number of amidine groups is 1. The van der Waals surface area contributed by atoms with Gasteiger partial charge < -0.3 is 4.90 Å². The quantitative estimate of drug-likeness (QED) is 0.663. The predicted molar refractivity (Wildman–Crippen MR) is 97.9 cm³/mol. The highest BCUT2D eigenvalue weighted by molar-refractivity contribution is 6.65. The van der Waals surface area contributed by atoms with Gasteiger partial charge in [-0.25, -0.2) is 14.4 Å². The highest BCUT2D eigenvalue weighted by Crippen LogP contribution is 2.29. The van der Waals surface area contributed by atoms with Crippen molar-refractivity contribution in [3.05, 3.63) is 60.2 Å². The summed E-state index contributed by atoms with van der Waals surface area (Å²) in [7, 11) is 0. The summed E-state index contributed by atoms with van der Waals surface area (Å²) >= 11 is 6.24. The van der Waals surface area contributed by atoms with E-state index >= 15 is 0 Å². The monoisotopic (exact) mass is 355 g/mol. The van der Waals surface area contributed by atoms with E-state index in [9.17, 15) is 4.39 Å². The molecule has 5 nitrogen and oxygen atoms in total. The maximum atomic E-state index is 13.8. The van der Waals surface area contributed by atoms with Crippen molar-refractivity contribution in [2.45, 2.75) is 13.0 Å².